The fraction of sp³-hybridized carbons (Fsp3) is 0.429. The van der Waals surface area contributed by atoms with Gasteiger partial charge in [-0.3, -0.25) is 0 Å². The molecule has 11 nitrogen and oxygen atoms in total. The van der Waals surface area contributed by atoms with Gasteiger partial charge >= 0.3 is 12.0 Å². The number of nitrogens with zero attached hydrogens (tertiary/aromatic N) is 9. The van der Waals surface area contributed by atoms with Crippen molar-refractivity contribution in [3.63, 3.8) is 0 Å². The van der Waals surface area contributed by atoms with Gasteiger partial charge in [-0.15, -0.1) is 5.10 Å². The second-order valence-electron chi connectivity index (χ2n) is 12.4. The summed E-state index contributed by atoms with van der Waals surface area (Å²) in [6.07, 6.45) is 6.99. The van der Waals surface area contributed by atoms with Gasteiger partial charge in [-0.05, 0) is 90.6 Å². The third-order valence-corrected chi connectivity index (χ3v) is 9.76. The van der Waals surface area contributed by atoms with Gasteiger partial charge < -0.3 is 14.4 Å². The van der Waals surface area contributed by atoms with Crippen molar-refractivity contribution in [1.82, 2.24) is 39.5 Å². The van der Waals surface area contributed by atoms with Crippen LogP contribution in [0.3, 0.4) is 0 Å². The molecule has 2 aromatic carbocycles. The summed E-state index contributed by atoms with van der Waals surface area (Å²) in [7, 11) is 0. The van der Waals surface area contributed by atoms with Crippen LogP contribution in [0.2, 0.25) is 10.0 Å². The number of benzene rings is 2. The van der Waals surface area contributed by atoms with E-state index in [1.807, 2.05) is 48.0 Å². The predicted molar refractivity (Wildman–Crippen MR) is 194 cm³/mol. The topological polar surface area (TPSA) is 109 Å². The molecular formula is C35H40BrCl2N9O2. The Hall–Kier alpha value is -3.74. The van der Waals surface area contributed by atoms with Gasteiger partial charge in [-0.2, -0.15) is 15.1 Å². The minimum Gasteiger partial charge on any atom is -0.423 e. The van der Waals surface area contributed by atoms with Crippen LogP contribution in [0.5, 0.6) is 23.5 Å². The summed E-state index contributed by atoms with van der Waals surface area (Å²) in [5, 5.41) is 10.1. The molecule has 3 aromatic heterocycles. The van der Waals surface area contributed by atoms with Crippen LogP contribution in [0.15, 0.2) is 65.7 Å². The molecule has 3 atom stereocenters. The molecule has 258 valence electrons. The Balaban J connectivity index is 0.000000207. The maximum Gasteiger partial charge on any atom is 0.321 e. The third-order valence-electron chi connectivity index (χ3n) is 8.80. The van der Waals surface area contributed by atoms with E-state index in [0.717, 1.165) is 62.8 Å². The highest BCUT2D eigenvalue weighted by Gasteiger charge is 2.43. The Bertz CT molecular complexity index is 1840. The minimum atomic E-state index is 0.437. The number of hydrogen-bond acceptors (Lipinski definition) is 9. The summed E-state index contributed by atoms with van der Waals surface area (Å²) in [6, 6.07) is 17.8. The second kappa shape index (κ2) is 16.3. The lowest BCUT2D eigenvalue weighted by molar-refractivity contribution is 0.264. The molecule has 2 fully saturated rings. The highest BCUT2D eigenvalue weighted by molar-refractivity contribution is 9.10. The number of halogens is 3. The summed E-state index contributed by atoms with van der Waals surface area (Å²) >= 11 is 15.5. The van der Waals surface area contributed by atoms with Crippen molar-refractivity contribution in [3.05, 3.63) is 87.2 Å². The summed E-state index contributed by atoms with van der Waals surface area (Å²) in [4.78, 5) is 20.1. The zero-order valence-electron chi connectivity index (χ0n) is 27.8. The van der Waals surface area contributed by atoms with E-state index in [1.54, 1.807) is 23.1 Å². The molecule has 0 radical (unpaired) electrons. The van der Waals surface area contributed by atoms with Crippen molar-refractivity contribution in [2.45, 2.75) is 66.0 Å². The van der Waals surface area contributed by atoms with Crippen molar-refractivity contribution >= 4 is 44.9 Å². The Kier molecular flexibility index (Phi) is 11.7. The summed E-state index contributed by atoms with van der Waals surface area (Å²) in [5.74, 6) is 4.97. The first-order chi connectivity index (χ1) is 23.8. The molecule has 1 saturated carbocycles. The summed E-state index contributed by atoms with van der Waals surface area (Å²) in [5.41, 5.74) is 1.01. The van der Waals surface area contributed by atoms with Gasteiger partial charge in [0.05, 0.1) is 10.0 Å². The fourth-order valence-corrected chi connectivity index (χ4v) is 7.25. The number of piperidine rings is 1. The van der Waals surface area contributed by atoms with E-state index in [4.69, 9.17) is 42.8 Å². The van der Waals surface area contributed by atoms with Crippen LogP contribution >= 0.6 is 39.1 Å². The van der Waals surface area contributed by atoms with Gasteiger partial charge in [0, 0.05) is 44.4 Å². The van der Waals surface area contributed by atoms with Gasteiger partial charge in [-0.1, -0.05) is 61.3 Å². The maximum absolute atomic E-state index is 6.29. The molecule has 4 heterocycles. The molecule has 1 aliphatic carbocycles. The average Bonchev–Trinajstić information content (AvgIpc) is 3.70. The van der Waals surface area contributed by atoms with E-state index in [1.165, 1.54) is 12.8 Å². The van der Waals surface area contributed by atoms with Crippen molar-refractivity contribution in [3.8, 4) is 23.5 Å². The Morgan fingerprint density at radius 2 is 1.37 bits per heavy atom. The van der Waals surface area contributed by atoms with Gasteiger partial charge in [0.2, 0.25) is 4.73 Å². The quantitative estimate of drug-likeness (QED) is 0.130. The number of aryl methyl sites for hydroxylation is 3. The first kappa shape index (κ1) is 35.1. The van der Waals surface area contributed by atoms with E-state index >= 15 is 0 Å². The lowest BCUT2D eigenvalue weighted by Crippen LogP contribution is -2.43. The van der Waals surface area contributed by atoms with Crippen LogP contribution in [-0.4, -0.2) is 52.6 Å². The summed E-state index contributed by atoms with van der Waals surface area (Å²) in [6.45, 7) is 9.81. The van der Waals surface area contributed by atoms with Gasteiger partial charge in [0.15, 0.2) is 5.82 Å². The number of rotatable bonds is 11. The highest BCUT2D eigenvalue weighted by atomic mass is 79.9. The molecule has 2 aliphatic rings. The number of anilines is 1. The van der Waals surface area contributed by atoms with E-state index < -0.39 is 0 Å². The molecule has 1 aliphatic heterocycles. The Labute approximate surface area is 305 Å². The van der Waals surface area contributed by atoms with Gasteiger partial charge in [0.25, 0.3) is 0 Å². The molecule has 2 bridgehead atoms. The van der Waals surface area contributed by atoms with Crippen LogP contribution < -0.4 is 14.4 Å². The first-order valence-electron chi connectivity index (χ1n) is 16.7. The number of para-hydroxylation sites is 2. The van der Waals surface area contributed by atoms with E-state index in [-0.39, 0.29) is 0 Å². The molecule has 0 spiro atoms. The van der Waals surface area contributed by atoms with Crippen LogP contribution in [0, 0.1) is 24.7 Å². The predicted octanol–water partition coefficient (Wildman–Crippen LogP) is 8.83. The zero-order chi connectivity index (χ0) is 34.3. The van der Waals surface area contributed by atoms with Gasteiger partial charge in [-0.25, -0.2) is 19.3 Å². The minimum absolute atomic E-state index is 0.437. The van der Waals surface area contributed by atoms with Crippen molar-refractivity contribution in [2.24, 2.45) is 17.8 Å². The average molecular weight is 770 g/mol. The normalized spacial score (nSPS) is 18.2. The SMILES string of the molecule is CCCn1nc(Br)nc1Oc1ccccc1Cl.CCCn1nc(CC2[C@@H]3CC[C@H]2CN(c2cc(C)ncn2)C3)nc1Oc1ccccc1Cl. The smallest absolute Gasteiger partial charge is 0.321 e. The van der Waals surface area contributed by atoms with E-state index in [0.29, 0.717) is 56.1 Å². The Morgan fingerprint density at radius 3 is 1.94 bits per heavy atom. The second-order valence-corrected chi connectivity index (χ2v) is 13.9. The molecule has 7 rings (SSSR count). The molecule has 0 amide bonds. The van der Waals surface area contributed by atoms with Crippen LogP contribution in [0.4, 0.5) is 5.82 Å². The van der Waals surface area contributed by atoms with Crippen LogP contribution in [0.1, 0.15) is 51.0 Å². The molecule has 5 aromatic rings. The zero-order valence-corrected chi connectivity index (χ0v) is 30.9. The standard InChI is InChI=1S/C24H29ClN6O.C11H11BrClN3O/c1-3-10-31-24(32-21-7-5-4-6-20(21)25)28-22(29-31)12-19-17-8-9-18(19)14-30(13-17)23-11-16(2)26-15-27-23;1-2-7-16-11(14-10(12)15-16)17-9-6-4-3-5-8(9)13/h4-7,11,15,17-19H,3,8-10,12-14H2,1-2H3;3-6H,2,7H2,1H3/t17-,18+,19?;. The lowest BCUT2D eigenvalue weighted by Gasteiger charge is -2.38. The van der Waals surface area contributed by atoms with Crippen molar-refractivity contribution in [2.75, 3.05) is 18.0 Å². The third kappa shape index (κ3) is 8.71. The first-order valence-corrected chi connectivity index (χ1v) is 18.3. The largest absolute Gasteiger partial charge is 0.423 e. The maximum atomic E-state index is 6.29. The monoisotopic (exact) mass is 767 g/mol. The number of hydrogen-bond donors (Lipinski definition) is 0. The van der Waals surface area contributed by atoms with Crippen molar-refractivity contribution < 1.29 is 9.47 Å². The molecule has 14 heteroatoms. The van der Waals surface area contributed by atoms with Crippen LogP contribution in [-0.2, 0) is 19.5 Å². The van der Waals surface area contributed by atoms with Crippen molar-refractivity contribution in [1.29, 1.82) is 0 Å². The molecular weight excluding hydrogens is 729 g/mol. The number of aromatic nitrogens is 8. The Morgan fingerprint density at radius 1 is 0.796 bits per heavy atom. The van der Waals surface area contributed by atoms with Gasteiger partial charge in [0.1, 0.15) is 23.6 Å². The highest BCUT2D eigenvalue weighted by Crippen LogP contribution is 2.44. The van der Waals surface area contributed by atoms with Crippen LogP contribution in [0.25, 0.3) is 0 Å². The van der Waals surface area contributed by atoms with E-state index in [9.17, 15) is 0 Å². The lowest BCUT2D eigenvalue weighted by atomic mass is 9.82. The molecule has 1 saturated heterocycles. The number of ether oxygens (including phenoxy) is 2. The number of fused-ring (bicyclic) bond motifs is 2. The molecule has 1 unspecified atom stereocenters. The molecule has 49 heavy (non-hydrogen) atoms. The fourth-order valence-electron chi connectivity index (χ4n) is 6.56. The summed E-state index contributed by atoms with van der Waals surface area (Å²) < 4.78 is 15.8. The van der Waals surface area contributed by atoms with E-state index in [2.05, 4.69) is 60.8 Å². The molecule has 0 N–H and O–H groups in total.